The maximum Gasteiger partial charge on any atom is 0.264 e. The molecule has 122 valence electrons. The van der Waals surface area contributed by atoms with Crippen LogP contribution in [0.3, 0.4) is 0 Å². The molecule has 1 heterocycles. The van der Waals surface area contributed by atoms with E-state index in [1.807, 2.05) is 41.5 Å². The number of likely N-dealkylation sites (tertiary alicyclic amines) is 1. The van der Waals surface area contributed by atoms with Crippen molar-refractivity contribution in [2.75, 3.05) is 6.54 Å². The van der Waals surface area contributed by atoms with E-state index in [4.69, 9.17) is 0 Å². The molecule has 1 fully saturated rings. The molecule has 1 rings (SSSR count). The Labute approximate surface area is 128 Å². The second-order valence-corrected chi connectivity index (χ2v) is 8.21. The van der Waals surface area contributed by atoms with Gasteiger partial charge in [-0.15, -0.1) is 0 Å². The maximum atomic E-state index is 12.4. The number of amides is 1. The van der Waals surface area contributed by atoms with Gasteiger partial charge in [-0.3, -0.25) is 14.5 Å². The van der Waals surface area contributed by atoms with E-state index in [9.17, 15) is 14.7 Å². The summed E-state index contributed by atoms with van der Waals surface area (Å²) < 4.78 is 0. The Bertz CT molecular complexity index is 393. The summed E-state index contributed by atoms with van der Waals surface area (Å²) in [7, 11) is 0. The summed E-state index contributed by atoms with van der Waals surface area (Å²) in [5.74, 6) is -0.319. The number of aliphatic hydroxyl groups excluding tert-OH is 1. The Hall–Kier alpha value is -0.940. The van der Waals surface area contributed by atoms with Crippen LogP contribution < -0.4 is 5.32 Å². The Morgan fingerprint density at radius 2 is 1.81 bits per heavy atom. The zero-order valence-corrected chi connectivity index (χ0v) is 14.2. The van der Waals surface area contributed by atoms with Gasteiger partial charge in [-0.05, 0) is 39.0 Å². The van der Waals surface area contributed by atoms with Gasteiger partial charge in [0.25, 0.3) is 5.91 Å². The first-order valence-corrected chi connectivity index (χ1v) is 7.69. The predicted molar refractivity (Wildman–Crippen MR) is 82.7 cm³/mol. The van der Waals surface area contributed by atoms with E-state index in [0.29, 0.717) is 13.0 Å². The van der Waals surface area contributed by atoms with Crippen LogP contribution in [-0.4, -0.2) is 46.1 Å². The highest BCUT2D eigenvalue weighted by Crippen LogP contribution is 2.26. The molecule has 1 aliphatic rings. The van der Waals surface area contributed by atoms with Gasteiger partial charge >= 0.3 is 0 Å². The molecule has 0 bridgehead atoms. The molecule has 1 aliphatic heterocycles. The third-order valence-corrected chi connectivity index (χ3v) is 3.42. The van der Waals surface area contributed by atoms with E-state index in [1.165, 1.54) is 0 Å². The number of carbonyl (C=O) groups is 2. The van der Waals surface area contributed by atoms with Crippen LogP contribution in [0.4, 0.5) is 0 Å². The third-order valence-electron chi connectivity index (χ3n) is 3.42. The molecule has 2 atom stereocenters. The van der Waals surface area contributed by atoms with E-state index in [0.717, 1.165) is 12.8 Å². The standard InChI is InChI=1S/C16H30N2O3/c1-15(2,3)10-12(19)11-8-7-9-18(11)14(21)13(20)17-16(4,5)6/h11,14,21H,7-10H2,1-6H3,(H,17,20). The fourth-order valence-electron chi connectivity index (χ4n) is 2.65. The number of carbonyl (C=O) groups excluding carboxylic acids is 2. The van der Waals surface area contributed by atoms with Crippen LogP contribution in [-0.2, 0) is 9.59 Å². The predicted octanol–water partition coefficient (Wildman–Crippen LogP) is 1.69. The SMILES string of the molecule is CC(C)(C)CC(=O)C1CCCN1C(O)C(=O)NC(C)(C)C. The molecule has 2 N–H and O–H groups in total. The number of nitrogens with one attached hydrogen (secondary N) is 1. The van der Waals surface area contributed by atoms with Crippen LogP contribution in [0.25, 0.3) is 0 Å². The van der Waals surface area contributed by atoms with Crippen LogP contribution in [0.1, 0.15) is 60.8 Å². The number of nitrogens with zero attached hydrogens (tertiary/aromatic N) is 1. The maximum absolute atomic E-state index is 12.4. The minimum atomic E-state index is -1.25. The summed E-state index contributed by atoms with van der Waals surface area (Å²) in [4.78, 5) is 26.1. The van der Waals surface area contributed by atoms with Crippen LogP contribution in [0.15, 0.2) is 0 Å². The lowest BCUT2D eigenvalue weighted by Crippen LogP contribution is -2.54. The zero-order valence-electron chi connectivity index (χ0n) is 14.2. The fraction of sp³-hybridized carbons (Fsp3) is 0.875. The molecule has 5 nitrogen and oxygen atoms in total. The van der Waals surface area contributed by atoms with E-state index in [-0.39, 0.29) is 17.2 Å². The smallest absolute Gasteiger partial charge is 0.264 e. The summed E-state index contributed by atoms with van der Waals surface area (Å²) >= 11 is 0. The van der Waals surface area contributed by atoms with Gasteiger partial charge in [0.1, 0.15) is 0 Å². The molecule has 0 aromatic heterocycles. The van der Waals surface area contributed by atoms with Crippen molar-refractivity contribution in [1.29, 1.82) is 0 Å². The number of Topliss-reactive ketones (excluding diaryl/α,β-unsaturated/α-hetero) is 1. The Balaban J connectivity index is 2.72. The molecular weight excluding hydrogens is 268 g/mol. The molecule has 0 radical (unpaired) electrons. The number of aliphatic hydroxyl groups is 1. The first kappa shape index (κ1) is 18.1. The quantitative estimate of drug-likeness (QED) is 0.828. The normalized spacial score (nSPS) is 22.1. The Kier molecular flexibility index (Phi) is 5.56. The molecule has 0 spiro atoms. The molecule has 5 heteroatoms. The molecule has 0 aromatic carbocycles. The van der Waals surface area contributed by atoms with Gasteiger partial charge < -0.3 is 10.4 Å². The number of ketones is 1. The number of hydrogen-bond donors (Lipinski definition) is 2. The van der Waals surface area contributed by atoms with Crippen molar-refractivity contribution in [2.45, 2.75) is 78.6 Å². The first-order valence-electron chi connectivity index (χ1n) is 7.69. The Morgan fingerprint density at radius 1 is 1.24 bits per heavy atom. The van der Waals surface area contributed by atoms with Gasteiger partial charge in [-0.25, -0.2) is 0 Å². The molecule has 2 unspecified atom stereocenters. The highest BCUT2D eigenvalue weighted by Gasteiger charge is 2.38. The largest absolute Gasteiger partial charge is 0.370 e. The van der Waals surface area contributed by atoms with E-state index in [1.54, 1.807) is 4.90 Å². The minimum absolute atomic E-state index is 0.0794. The average molecular weight is 298 g/mol. The molecular formula is C16H30N2O3. The topological polar surface area (TPSA) is 69.6 Å². The fourth-order valence-corrected chi connectivity index (χ4v) is 2.65. The lowest BCUT2D eigenvalue weighted by molar-refractivity contribution is -0.145. The Morgan fingerprint density at radius 3 is 2.29 bits per heavy atom. The van der Waals surface area contributed by atoms with Crippen LogP contribution in [0.5, 0.6) is 0 Å². The van der Waals surface area contributed by atoms with Crippen LogP contribution in [0.2, 0.25) is 0 Å². The van der Waals surface area contributed by atoms with Gasteiger partial charge in [-0.2, -0.15) is 0 Å². The van der Waals surface area contributed by atoms with E-state index >= 15 is 0 Å². The summed E-state index contributed by atoms with van der Waals surface area (Å²) in [5.41, 5.74) is -0.479. The van der Waals surface area contributed by atoms with Gasteiger partial charge in [0.15, 0.2) is 12.0 Å². The molecule has 1 amide bonds. The monoisotopic (exact) mass is 298 g/mol. The highest BCUT2D eigenvalue weighted by molar-refractivity contribution is 5.86. The van der Waals surface area contributed by atoms with Crippen molar-refractivity contribution in [3.8, 4) is 0 Å². The van der Waals surface area contributed by atoms with E-state index < -0.39 is 17.7 Å². The van der Waals surface area contributed by atoms with E-state index in [2.05, 4.69) is 5.32 Å². The molecule has 0 aliphatic carbocycles. The van der Waals surface area contributed by atoms with Gasteiger partial charge in [0.2, 0.25) is 0 Å². The number of rotatable bonds is 4. The van der Waals surface area contributed by atoms with Gasteiger partial charge in [0.05, 0.1) is 6.04 Å². The van der Waals surface area contributed by atoms with Crippen LogP contribution >= 0.6 is 0 Å². The summed E-state index contributed by atoms with van der Waals surface area (Å²) in [5, 5.41) is 13.0. The average Bonchev–Trinajstić information content (AvgIpc) is 2.71. The minimum Gasteiger partial charge on any atom is -0.370 e. The van der Waals surface area contributed by atoms with Crippen molar-refractivity contribution in [3.05, 3.63) is 0 Å². The van der Waals surface area contributed by atoms with Gasteiger partial charge in [-0.1, -0.05) is 20.8 Å². The first-order chi connectivity index (χ1) is 9.41. The second-order valence-electron chi connectivity index (χ2n) is 8.21. The van der Waals surface area contributed by atoms with Gasteiger partial charge in [0, 0.05) is 18.5 Å². The third kappa shape index (κ3) is 5.75. The molecule has 0 aromatic rings. The van der Waals surface area contributed by atoms with Crippen molar-refractivity contribution in [1.82, 2.24) is 10.2 Å². The van der Waals surface area contributed by atoms with Crippen molar-refractivity contribution >= 4 is 11.7 Å². The summed E-state index contributed by atoms with van der Waals surface area (Å²) in [6, 6.07) is -0.343. The van der Waals surface area contributed by atoms with Crippen LogP contribution in [0, 0.1) is 5.41 Å². The molecule has 0 saturated carbocycles. The number of hydrogen-bond acceptors (Lipinski definition) is 4. The van der Waals surface area contributed by atoms with Crippen molar-refractivity contribution in [2.24, 2.45) is 5.41 Å². The van der Waals surface area contributed by atoms with Crippen molar-refractivity contribution in [3.63, 3.8) is 0 Å². The second kappa shape index (κ2) is 6.44. The molecule has 21 heavy (non-hydrogen) atoms. The lowest BCUT2D eigenvalue weighted by Gasteiger charge is -2.31. The summed E-state index contributed by atoms with van der Waals surface area (Å²) in [6.45, 7) is 12.2. The summed E-state index contributed by atoms with van der Waals surface area (Å²) in [6.07, 6.45) is 0.761. The zero-order chi connectivity index (χ0) is 16.4. The molecule has 1 saturated heterocycles. The highest BCUT2D eigenvalue weighted by atomic mass is 16.3. The van der Waals surface area contributed by atoms with Crippen molar-refractivity contribution < 1.29 is 14.7 Å². The lowest BCUT2D eigenvalue weighted by atomic mass is 9.87.